The van der Waals surface area contributed by atoms with E-state index >= 15 is 0 Å². The van der Waals surface area contributed by atoms with E-state index in [9.17, 15) is 35.5 Å². The molecule has 0 unspecified atom stereocenters. The van der Waals surface area contributed by atoms with E-state index in [2.05, 4.69) is 5.10 Å². The topological polar surface area (TPSA) is 50.6 Å². The molecule has 0 atom stereocenters. The van der Waals surface area contributed by atoms with Crippen molar-refractivity contribution in [3.05, 3.63) is 63.5 Å². The first-order chi connectivity index (χ1) is 18.2. The number of rotatable bonds is 5. The number of piperazine rings is 1. The summed E-state index contributed by atoms with van der Waals surface area (Å²) in [7, 11) is 1.47. The van der Waals surface area contributed by atoms with Gasteiger partial charge in [-0.25, -0.2) is 4.39 Å². The fourth-order valence-electron chi connectivity index (χ4n) is 4.16. The molecule has 15 heteroatoms. The molecule has 1 aliphatic heterocycles. The molecule has 3 aromatic rings. The Labute approximate surface area is 227 Å². The molecule has 0 saturated carbocycles. The van der Waals surface area contributed by atoms with Crippen LogP contribution < -0.4 is 9.64 Å². The van der Waals surface area contributed by atoms with Gasteiger partial charge >= 0.3 is 12.4 Å². The van der Waals surface area contributed by atoms with Crippen molar-refractivity contribution >= 4 is 34.8 Å². The van der Waals surface area contributed by atoms with Gasteiger partial charge in [0, 0.05) is 43.5 Å². The minimum Gasteiger partial charge on any atom is -0.495 e. The second-order valence-electron chi connectivity index (χ2n) is 8.55. The van der Waals surface area contributed by atoms with Crippen molar-refractivity contribution in [2.75, 3.05) is 38.2 Å². The fourth-order valence-corrected chi connectivity index (χ4v) is 4.70. The maximum absolute atomic E-state index is 14.7. The van der Waals surface area contributed by atoms with Gasteiger partial charge in [-0.15, -0.1) is 0 Å². The average Bonchev–Trinajstić information content (AvgIpc) is 3.19. The number of aromatic nitrogens is 2. The van der Waals surface area contributed by atoms with E-state index in [0.29, 0.717) is 40.7 Å². The van der Waals surface area contributed by atoms with Crippen molar-refractivity contribution in [2.45, 2.75) is 18.9 Å². The van der Waals surface area contributed by atoms with Gasteiger partial charge in [0.15, 0.2) is 5.69 Å². The molecule has 1 aromatic heterocycles. The molecule has 6 nitrogen and oxygen atoms in total. The van der Waals surface area contributed by atoms with Crippen LogP contribution in [0.15, 0.2) is 36.4 Å². The quantitative estimate of drug-likeness (QED) is 0.319. The Morgan fingerprint density at radius 1 is 0.974 bits per heavy atom. The van der Waals surface area contributed by atoms with Crippen molar-refractivity contribution in [2.24, 2.45) is 0 Å². The van der Waals surface area contributed by atoms with Crippen LogP contribution in [0, 0.1) is 5.82 Å². The van der Waals surface area contributed by atoms with E-state index in [1.165, 1.54) is 12.0 Å². The third-order valence-electron chi connectivity index (χ3n) is 6.13. The summed E-state index contributed by atoms with van der Waals surface area (Å²) in [6.07, 6.45) is -9.94. The Bertz CT molecular complexity index is 1380. The summed E-state index contributed by atoms with van der Waals surface area (Å²) in [5.74, 6) is -1.64. The van der Waals surface area contributed by atoms with Crippen LogP contribution >= 0.6 is 23.2 Å². The summed E-state index contributed by atoms with van der Waals surface area (Å²) >= 11 is 12.0. The number of alkyl halides is 6. The SMILES string of the molecule is COc1cc(N2CCN(C(=O)Cn3nc(C(F)(F)F)c(Cl)c3-c3ccc(C(F)(F)F)cc3F)CC2)ccc1Cl. The number of hydrogen-bond acceptors (Lipinski definition) is 4. The standard InChI is InChI=1S/C24H19Cl2F7N4O2/c1-39-18-11-14(3-5-16(18)25)35-6-8-36(9-7-35)19(38)12-37-21(20(26)22(34-37)24(31,32)33)15-4-2-13(10-17(15)27)23(28,29)30/h2-5,10-11H,6-9,12H2,1H3. The molecule has 0 spiro atoms. The van der Waals surface area contributed by atoms with Crippen molar-refractivity contribution in [3.63, 3.8) is 0 Å². The molecule has 2 aromatic carbocycles. The van der Waals surface area contributed by atoms with Gasteiger partial charge in [0.2, 0.25) is 5.91 Å². The van der Waals surface area contributed by atoms with Crippen LogP contribution in [0.5, 0.6) is 5.75 Å². The summed E-state index contributed by atoms with van der Waals surface area (Å²) in [5.41, 5.74) is -3.46. The predicted octanol–water partition coefficient (Wildman–Crippen LogP) is 6.39. The van der Waals surface area contributed by atoms with Crippen molar-refractivity contribution in [3.8, 4) is 17.0 Å². The number of amides is 1. The average molecular weight is 599 g/mol. The van der Waals surface area contributed by atoms with Gasteiger partial charge < -0.3 is 14.5 Å². The van der Waals surface area contributed by atoms with E-state index in [1.54, 1.807) is 18.2 Å². The number of nitrogens with zero attached hydrogens (tertiary/aromatic N) is 4. The summed E-state index contributed by atoms with van der Waals surface area (Å²) in [6, 6.07) is 6.47. The van der Waals surface area contributed by atoms with Gasteiger partial charge in [-0.05, 0) is 30.3 Å². The van der Waals surface area contributed by atoms with Gasteiger partial charge in [-0.2, -0.15) is 31.4 Å². The zero-order valence-corrected chi connectivity index (χ0v) is 21.5. The monoisotopic (exact) mass is 598 g/mol. The van der Waals surface area contributed by atoms with Gasteiger partial charge in [0.1, 0.15) is 18.1 Å². The lowest BCUT2D eigenvalue weighted by atomic mass is 10.1. The number of ether oxygens (including phenoxy) is 1. The Morgan fingerprint density at radius 3 is 2.21 bits per heavy atom. The number of carbonyl (C=O) groups excluding carboxylic acids is 1. The number of methoxy groups -OCH3 is 1. The van der Waals surface area contributed by atoms with E-state index in [-0.39, 0.29) is 19.2 Å². The van der Waals surface area contributed by atoms with Crippen LogP contribution in [0.2, 0.25) is 10.0 Å². The molecule has 1 amide bonds. The molecular weight excluding hydrogens is 580 g/mol. The third kappa shape index (κ3) is 6.03. The van der Waals surface area contributed by atoms with Crippen LogP contribution in [0.1, 0.15) is 11.3 Å². The van der Waals surface area contributed by atoms with Gasteiger partial charge in [0.05, 0.1) is 28.4 Å². The molecule has 1 aliphatic rings. The van der Waals surface area contributed by atoms with Crippen LogP contribution in [0.4, 0.5) is 36.4 Å². The number of halogens is 9. The predicted molar refractivity (Wildman–Crippen MR) is 129 cm³/mol. The molecule has 39 heavy (non-hydrogen) atoms. The minimum atomic E-state index is -5.06. The largest absolute Gasteiger partial charge is 0.495 e. The summed E-state index contributed by atoms with van der Waals surface area (Å²) in [4.78, 5) is 16.4. The van der Waals surface area contributed by atoms with Crippen LogP contribution in [-0.4, -0.2) is 53.9 Å². The number of benzene rings is 2. The highest BCUT2D eigenvalue weighted by Gasteiger charge is 2.40. The minimum absolute atomic E-state index is 0.142. The van der Waals surface area contributed by atoms with Crippen LogP contribution in [0.3, 0.4) is 0 Å². The zero-order valence-electron chi connectivity index (χ0n) is 20.0. The smallest absolute Gasteiger partial charge is 0.436 e. The molecule has 1 saturated heterocycles. The number of carbonyl (C=O) groups is 1. The Hall–Kier alpha value is -3.19. The summed E-state index contributed by atoms with van der Waals surface area (Å²) in [6.45, 7) is 0.416. The van der Waals surface area contributed by atoms with Crippen molar-refractivity contribution in [1.29, 1.82) is 0 Å². The molecule has 2 heterocycles. The second-order valence-corrected chi connectivity index (χ2v) is 9.33. The fraction of sp³-hybridized carbons (Fsp3) is 0.333. The normalized spacial score (nSPS) is 14.6. The van der Waals surface area contributed by atoms with E-state index in [1.807, 2.05) is 4.90 Å². The molecule has 0 N–H and O–H groups in total. The van der Waals surface area contributed by atoms with Crippen LogP contribution in [0.25, 0.3) is 11.3 Å². The first kappa shape index (κ1) is 28.8. The van der Waals surface area contributed by atoms with Gasteiger partial charge in [0.25, 0.3) is 0 Å². The zero-order chi connectivity index (χ0) is 28.7. The number of anilines is 1. The van der Waals surface area contributed by atoms with E-state index < -0.39 is 58.2 Å². The highest BCUT2D eigenvalue weighted by molar-refractivity contribution is 6.34. The molecular formula is C24H19Cl2F7N4O2. The molecule has 0 bridgehead atoms. The Morgan fingerprint density at radius 2 is 1.64 bits per heavy atom. The first-order valence-electron chi connectivity index (χ1n) is 11.3. The van der Waals surface area contributed by atoms with Crippen LogP contribution in [-0.2, 0) is 23.7 Å². The molecule has 210 valence electrons. The maximum Gasteiger partial charge on any atom is 0.436 e. The number of hydrogen-bond donors (Lipinski definition) is 0. The van der Waals surface area contributed by atoms with Gasteiger partial charge in [-0.3, -0.25) is 9.48 Å². The molecule has 4 rings (SSSR count). The van der Waals surface area contributed by atoms with Gasteiger partial charge in [-0.1, -0.05) is 23.2 Å². The molecule has 1 fully saturated rings. The highest BCUT2D eigenvalue weighted by atomic mass is 35.5. The lowest BCUT2D eigenvalue weighted by Gasteiger charge is -2.36. The Balaban J connectivity index is 1.58. The molecule has 0 radical (unpaired) electrons. The molecule has 0 aliphatic carbocycles. The van der Waals surface area contributed by atoms with E-state index in [4.69, 9.17) is 27.9 Å². The Kier molecular flexibility index (Phi) is 7.95. The third-order valence-corrected chi connectivity index (χ3v) is 6.80. The van der Waals surface area contributed by atoms with Crippen molar-refractivity contribution < 1.29 is 40.3 Å². The first-order valence-corrected chi connectivity index (χ1v) is 12.0. The lowest BCUT2D eigenvalue weighted by Crippen LogP contribution is -2.49. The maximum atomic E-state index is 14.7. The van der Waals surface area contributed by atoms with Crippen molar-refractivity contribution in [1.82, 2.24) is 14.7 Å². The second kappa shape index (κ2) is 10.8. The van der Waals surface area contributed by atoms with E-state index in [0.717, 1.165) is 5.69 Å². The highest BCUT2D eigenvalue weighted by Crippen LogP contribution is 2.41. The lowest BCUT2D eigenvalue weighted by molar-refractivity contribution is -0.142. The summed E-state index contributed by atoms with van der Waals surface area (Å²) < 4.78 is 100.0. The summed E-state index contributed by atoms with van der Waals surface area (Å²) in [5, 5.41) is 2.77.